The monoisotopic (exact) mass is 419 g/mol. The molecule has 148 valence electrons. The van der Waals surface area contributed by atoms with E-state index in [1.165, 1.54) is 7.11 Å². The van der Waals surface area contributed by atoms with E-state index in [9.17, 15) is 9.59 Å². The summed E-state index contributed by atoms with van der Waals surface area (Å²) in [5.41, 5.74) is 1.58. The molecule has 2 aromatic rings. The Kier molecular flexibility index (Phi) is 7.50. The molecule has 0 aliphatic carbocycles. The standard InChI is InChI=1S/C20H21NO5S2/c1-24-17-9-5-3-7-15(17)21-18(22)12-26-19(23)13-25-16-8-4-2-6-14(16)20-27-10-11-28-20/h2-9,20H,10-13H2,1H3,(H,21,22). The first-order chi connectivity index (χ1) is 13.7. The quantitative estimate of drug-likeness (QED) is 0.654. The number of methoxy groups -OCH3 is 1. The van der Waals surface area contributed by atoms with Gasteiger partial charge in [-0.05, 0) is 18.2 Å². The van der Waals surface area contributed by atoms with Gasteiger partial charge in [0.1, 0.15) is 11.5 Å². The number of nitrogens with one attached hydrogen (secondary N) is 1. The molecule has 1 fully saturated rings. The van der Waals surface area contributed by atoms with Crippen molar-refractivity contribution in [2.45, 2.75) is 4.58 Å². The third-order valence-electron chi connectivity index (χ3n) is 3.89. The number of carbonyl (C=O) groups is 2. The number of hydrogen-bond donors (Lipinski definition) is 1. The molecule has 28 heavy (non-hydrogen) atoms. The highest BCUT2D eigenvalue weighted by atomic mass is 32.2. The molecular weight excluding hydrogens is 398 g/mol. The fourth-order valence-electron chi connectivity index (χ4n) is 2.60. The van der Waals surface area contributed by atoms with Crippen molar-refractivity contribution >= 4 is 41.1 Å². The minimum absolute atomic E-state index is 0.249. The van der Waals surface area contributed by atoms with E-state index in [4.69, 9.17) is 14.2 Å². The van der Waals surface area contributed by atoms with Crippen LogP contribution in [0, 0.1) is 0 Å². The van der Waals surface area contributed by atoms with Crippen molar-refractivity contribution in [1.29, 1.82) is 0 Å². The van der Waals surface area contributed by atoms with Crippen molar-refractivity contribution < 1.29 is 23.8 Å². The van der Waals surface area contributed by atoms with Crippen LogP contribution in [0.5, 0.6) is 11.5 Å². The van der Waals surface area contributed by atoms with Crippen molar-refractivity contribution in [3.05, 3.63) is 54.1 Å². The predicted octanol–water partition coefficient (Wildman–Crippen LogP) is 3.73. The smallest absolute Gasteiger partial charge is 0.344 e. The highest BCUT2D eigenvalue weighted by molar-refractivity contribution is 8.19. The lowest BCUT2D eigenvalue weighted by Crippen LogP contribution is -2.24. The third-order valence-corrected chi connectivity index (χ3v) is 6.95. The Morgan fingerprint density at radius 3 is 2.43 bits per heavy atom. The Bertz CT molecular complexity index is 824. The molecule has 3 rings (SSSR count). The maximum Gasteiger partial charge on any atom is 0.344 e. The molecule has 2 aromatic carbocycles. The molecule has 0 spiro atoms. The van der Waals surface area contributed by atoms with Crippen LogP contribution < -0.4 is 14.8 Å². The lowest BCUT2D eigenvalue weighted by molar-refractivity contribution is -0.149. The largest absolute Gasteiger partial charge is 0.495 e. The number of para-hydroxylation sites is 3. The molecule has 1 aliphatic rings. The summed E-state index contributed by atoms with van der Waals surface area (Å²) in [4.78, 5) is 24.0. The lowest BCUT2D eigenvalue weighted by atomic mass is 10.2. The Hall–Kier alpha value is -2.32. The number of esters is 1. The number of hydrogen-bond acceptors (Lipinski definition) is 7. The average Bonchev–Trinajstić information content (AvgIpc) is 3.26. The zero-order valence-corrected chi connectivity index (χ0v) is 17.0. The maximum absolute atomic E-state index is 12.0. The highest BCUT2D eigenvalue weighted by Gasteiger charge is 2.22. The van der Waals surface area contributed by atoms with Gasteiger partial charge in [0.2, 0.25) is 0 Å². The Labute approximate surface area is 172 Å². The predicted molar refractivity (Wildman–Crippen MR) is 112 cm³/mol. The topological polar surface area (TPSA) is 73.9 Å². The molecule has 1 N–H and O–H groups in total. The lowest BCUT2D eigenvalue weighted by Gasteiger charge is -2.15. The number of thioether (sulfide) groups is 2. The van der Waals surface area contributed by atoms with Crippen LogP contribution in [0.3, 0.4) is 0 Å². The van der Waals surface area contributed by atoms with Gasteiger partial charge in [-0.1, -0.05) is 30.3 Å². The molecule has 6 nitrogen and oxygen atoms in total. The zero-order valence-electron chi connectivity index (χ0n) is 15.4. The number of anilines is 1. The maximum atomic E-state index is 12.0. The number of carbonyl (C=O) groups excluding carboxylic acids is 2. The first kappa shape index (κ1) is 20.4. The summed E-state index contributed by atoms with van der Waals surface area (Å²) < 4.78 is 16.1. The van der Waals surface area contributed by atoms with Crippen molar-refractivity contribution in [3.8, 4) is 11.5 Å². The Morgan fingerprint density at radius 1 is 1.00 bits per heavy atom. The first-order valence-corrected chi connectivity index (χ1v) is 10.8. The molecule has 0 saturated carbocycles. The van der Waals surface area contributed by atoms with E-state index in [-0.39, 0.29) is 6.61 Å². The minimum Gasteiger partial charge on any atom is -0.495 e. The highest BCUT2D eigenvalue weighted by Crippen LogP contribution is 2.48. The molecule has 0 bridgehead atoms. The van der Waals surface area contributed by atoms with E-state index in [1.807, 2.05) is 47.8 Å². The van der Waals surface area contributed by atoms with Crippen LogP contribution in [0.25, 0.3) is 0 Å². The summed E-state index contributed by atoms with van der Waals surface area (Å²) in [5.74, 6) is 2.36. The summed E-state index contributed by atoms with van der Waals surface area (Å²) >= 11 is 3.73. The molecule has 8 heteroatoms. The van der Waals surface area contributed by atoms with Gasteiger partial charge in [-0.15, -0.1) is 23.5 Å². The van der Waals surface area contributed by atoms with Gasteiger partial charge >= 0.3 is 5.97 Å². The van der Waals surface area contributed by atoms with Crippen LogP contribution in [0.1, 0.15) is 10.1 Å². The van der Waals surface area contributed by atoms with Crippen LogP contribution in [0.4, 0.5) is 5.69 Å². The average molecular weight is 420 g/mol. The van der Waals surface area contributed by atoms with Gasteiger partial charge in [-0.25, -0.2) is 4.79 Å². The molecule has 0 radical (unpaired) electrons. The summed E-state index contributed by atoms with van der Waals surface area (Å²) in [6.07, 6.45) is 0. The van der Waals surface area contributed by atoms with Crippen LogP contribution in [-0.4, -0.2) is 43.7 Å². The second-order valence-corrected chi connectivity index (χ2v) is 8.53. The fraction of sp³-hybridized carbons (Fsp3) is 0.300. The molecule has 1 amide bonds. The van der Waals surface area contributed by atoms with Crippen LogP contribution in [-0.2, 0) is 14.3 Å². The van der Waals surface area contributed by atoms with E-state index in [0.29, 0.717) is 21.8 Å². The van der Waals surface area contributed by atoms with Crippen LogP contribution >= 0.6 is 23.5 Å². The molecule has 0 aromatic heterocycles. The molecule has 0 atom stereocenters. The van der Waals surface area contributed by atoms with Gasteiger partial charge in [0, 0.05) is 17.1 Å². The third kappa shape index (κ3) is 5.59. The van der Waals surface area contributed by atoms with Gasteiger partial charge in [0.25, 0.3) is 5.91 Å². The second-order valence-electron chi connectivity index (χ2n) is 5.81. The minimum atomic E-state index is -0.600. The number of benzene rings is 2. The van der Waals surface area contributed by atoms with Crippen molar-refractivity contribution in [3.63, 3.8) is 0 Å². The van der Waals surface area contributed by atoms with E-state index >= 15 is 0 Å². The summed E-state index contributed by atoms with van der Waals surface area (Å²) in [6.45, 7) is -0.642. The molecule has 1 saturated heterocycles. The Balaban J connectivity index is 1.47. The molecule has 0 unspecified atom stereocenters. The molecular formula is C20H21NO5S2. The SMILES string of the molecule is COc1ccccc1NC(=O)COC(=O)COc1ccccc1C1SCCS1. The molecule has 1 aliphatic heterocycles. The summed E-state index contributed by atoms with van der Waals surface area (Å²) in [7, 11) is 1.52. The molecule has 1 heterocycles. The van der Waals surface area contributed by atoms with Crippen molar-refractivity contribution in [2.24, 2.45) is 0 Å². The zero-order chi connectivity index (χ0) is 19.8. The van der Waals surface area contributed by atoms with E-state index < -0.39 is 18.5 Å². The normalized spacial score (nSPS) is 13.8. The van der Waals surface area contributed by atoms with E-state index in [2.05, 4.69) is 5.32 Å². The Morgan fingerprint density at radius 2 is 1.68 bits per heavy atom. The summed E-state index contributed by atoms with van der Waals surface area (Å²) in [6, 6.07) is 14.7. The van der Waals surface area contributed by atoms with Gasteiger partial charge < -0.3 is 19.5 Å². The fourth-order valence-corrected chi connectivity index (χ4v) is 5.51. The van der Waals surface area contributed by atoms with Gasteiger partial charge in [0.15, 0.2) is 13.2 Å². The second kappa shape index (κ2) is 10.3. The number of rotatable bonds is 8. The van der Waals surface area contributed by atoms with Gasteiger partial charge in [-0.2, -0.15) is 0 Å². The summed E-state index contributed by atoms with van der Waals surface area (Å²) in [5, 5.41) is 2.65. The van der Waals surface area contributed by atoms with Crippen LogP contribution in [0.2, 0.25) is 0 Å². The van der Waals surface area contributed by atoms with Crippen molar-refractivity contribution in [1.82, 2.24) is 0 Å². The number of ether oxygens (including phenoxy) is 3. The van der Waals surface area contributed by atoms with Gasteiger partial charge in [0.05, 0.1) is 17.4 Å². The van der Waals surface area contributed by atoms with Gasteiger partial charge in [-0.3, -0.25) is 4.79 Å². The van der Waals surface area contributed by atoms with Crippen LogP contribution in [0.15, 0.2) is 48.5 Å². The number of amides is 1. The van der Waals surface area contributed by atoms with E-state index in [1.54, 1.807) is 24.3 Å². The van der Waals surface area contributed by atoms with E-state index in [0.717, 1.165) is 17.1 Å². The first-order valence-electron chi connectivity index (χ1n) is 8.71. The van der Waals surface area contributed by atoms with Crippen molar-refractivity contribution in [2.75, 3.05) is 37.1 Å².